The van der Waals surface area contributed by atoms with Gasteiger partial charge >= 0.3 is 0 Å². The van der Waals surface area contributed by atoms with Crippen molar-refractivity contribution in [2.75, 3.05) is 24.6 Å². The Kier molecular flexibility index (Phi) is 5.33. The fourth-order valence-electron chi connectivity index (χ4n) is 4.85. The van der Waals surface area contributed by atoms with Crippen LogP contribution in [-0.2, 0) is 9.59 Å². The molecule has 0 radical (unpaired) electrons. The van der Waals surface area contributed by atoms with Gasteiger partial charge in [0.15, 0.2) is 0 Å². The van der Waals surface area contributed by atoms with Gasteiger partial charge in [-0.25, -0.2) is 0 Å². The van der Waals surface area contributed by atoms with Crippen molar-refractivity contribution >= 4 is 28.3 Å². The molecule has 5 nitrogen and oxygen atoms in total. The van der Waals surface area contributed by atoms with Crippen molar-refractivity contribution in [3.8, 4) is 5.75 Å². The Morgan fingerprint density at radius 2 is 1.65 bits per heavy atom. The van der Waals surface area contributed by atoms with Crippen LogP contribution in [0.5, 0.6) is 5.75 Å². The van der Waals surface area contributed by atoms with Gasteiger partial charge in [-0.05, 0) is 41.3 Å². The molecule has 31 heavy (non-hydrogen) atoms. The summed E-state index contributed by atoms with van der Waals surface area (Å²) in [5.41, 5.74) is 2.00. The lowest BCUT2D eigenvalue weighted by Gasteiger charge is -2.30. The minimum absolute atomic E-state index is 0.0231. The maximum absolute atomic E-state index is 13.1. The van der Waals surface area contributed by atoms with Crippen LogP contribution in [0.15, 0.2) is 66.7 Å². The average Bonchev–Trinajstić information content (AvgIpc) is 3.31. The Morgan fingerprint density at radius 3 is 2.58 bits per heavy atom. The third-order valence-corrected chi connectivity index (χ3v) is 6.34. The third-order valence-electron chi connectivity index (χ3n) is 6.34. The molecular formula is C26H26N2O3. The van der Waals surface area contributed by atoms with Crippen LogP contribution in [0.4, 0.5) is 5.69 Å². The fraction of sp³-hybridized carbons (Fsp3) is 0.308. The molecule has 1 saturated heterocycles. The Balaban J connectivity index is 1.29. The van der Waals surface area contributed by atoms with Crippen molar-refractivity contribution in [2.24, 2.45) is 0 Å². The van der Waals surface area contributed by atoms with Gasteiger partial charge < -0.3 is 14.5 Å². The van der Waals surface area contributed by atoms with Crippen molar-refractivity contribution in [3.63, 3.8) is 0 Å². The van der Waals surface area contributed by atoms with E-state index in [1.165, 1.54) is 16.3 Å². The van der Waals surface area contributed by atoms with Gasteiger partial charge in [-0.1, -0.05) is 54.6 Å². The number of hydrogen-bond donors (Lipinski definition) is 0. The smallest absolute Gasteiger partial charge is 0.227 e. The number of anilines is 1. The normalized spacial score (nSPS) is 18.0. The highest BCUT2D eigenvalue weighted by Gasteiger charge is 2.31. The highest BCUT2D eigenvalue weighted by Crippen LogP contribution is 2.37. The van der Waals surface area contributed by atoms with E-state index in [-0.39, 0.29) is 30.7 Å². The van der Waals surface area contributed by atoms with E-state index in [4.69, 9.17) is 4.74 Å². The molecule has 1 fully saturated rings. The molecule has 1 unspecified atom stereocenters. The molecule has 2 aliphatic heterocycles. The summed E-state index contributed by atoms with van der Waals surface area (Å²) in [5, 5.41) is 2.40. The van der Waals surface area contributed by atoms with Crippen molar-refractivity contribution in [1.82, 2.24) is 4.90 Å². The number of para-hydroxylation sites is 2. The first kappa shape index (κ1) is 19.6. The Morgan fingerprint density at radius 1 is 0.871 bits per heavy atom. The summed E-state index contributed by atoms with van der Waals surface area (Å²) in [5.74, 6) is 0.763. The Hall–Kier alpha value is -3.34. The number of carbonyl (C=O) groups is 2. The number of benzene rings is 3. The number of likely N-dealkylation sites (tertiary alicyclic amines) is 1. The maximum Gasteiger partial charge on any atom is 0.227 e. The molecule has 3 aromatic carbocycles. The van der Waals surface area contributed by atoms with E-state index in [2.05, 4.69) is 30.3 Å². The second kappa shape index (κ2) is 8.42. The van der Waals surface area contributed by atoms with Gasteiger partial charge in [0.2, 0.25) is 11.8 Å². The minimum atomic E-state index is -0.0231. The molecule has 2 aliphatic rings. The summed E-state index contributed by atoms with van der Waals surface area (Å²) in [7, 11) is 0. The van der Waals surface area contributed by atoms with Gasteiger partial charge in [-0.15, -0.1) is 0 Å². The predicted molar refractivity (Wildman–Crippen MR) is 121 cm³/mol. The summed E-state index contributed by atoms with van der Waals surface area (Å²) in [6, 6.07) is 22.3. The first-order chi connectivity index (χ1) is 15.2. The van der Waals surface area contributed by atoms with E-state index in [9.17, 15) is 9.59 Å². The van der Waals surface area contributed by atoms with Crippen LogP contribution >= 0.6 is 0 Å². The van der Waals surface area contributed by atoms with Crippen LogP contribution in [0.25, 0.3) is 10.8 Å². The maximum atomic E-state index is 13.1. The zero-order valence-corrected chi connectivity index (χ0v) is 17.5. The fourth-order valence-corrected chi connectivity index (χ4v) is 4.85. The number of nitrogens with zero attached hydrogens (tertiary/aromatic N) is 2. The van der Waals surface area contributed by atoms with E-state index in [0.29, 0.717) is 13.2 Å². The number of ether oxygens (including phenoxy) is 1. The molecule has 3 aromatic rings. The zero-order valence-electron chi connectivity index (χ0n) is 17.5. The largest absolute Gasteiger partial charge is 0.490 e. The van der Waals surface area contributed by atoms with Crippen molar-refractivity contribution in [3.05, 3.63) is 72.3 Å². The van der Waals surface area contributed by atoms with E-state index in [1.54, 1.807) is 4.90 Å². The average molecular weight is 415 g/mol. The quantitative estimate of drug-likeness (QED) is 0.621. The van der Waals surface area contributed by atoms with Gasteiger partial charge in [0.1, 0.15) is 12.4 Å². The molecule has 0 spiro atoms. The topological polar surface area (TPSA) is 49.9 Å². The zero-order chi connectivity index (χ0) is 21.2. The molecule has 0 saturated carbocycles. The monoisotopic (exact) mass is 414 g/mol. The van der Waals surface area contributed by atoms with Crippen LogP contribution in [0, 0.1) is 0 Å². The number of hydrogen-bond acceptors (Lipinski definition) is 3. The number of rotatable bonds is 4. The summed E-state index contributed by atoms with van der Waals surface area (Å²) in [6.45, 7) is 1.75. The highest BCUT2D eigenvalue weighted by molar-refractivity contribution is 5.97. The van der Waals surface area contributed by atoms with E-state index < -0.39 is 0 Å². The van der Waals surface area contributed by atoms with Crippen molar-refractivity contribution in [1.29, 1.82) is 0 Å². The first-order valence-corrected chi connectivity index (χ1v) is 11.0. The minimum Gasteiger partial charge on any atom is -0.490 e. The van der Waals surface area contributed by atoms with Crippen LogP contribution in [-0.4, -0.2) is 36.4 Å². The van der Waals surface area contributed by atoms with Crippen LogP contribution < -0.4 is 9.64 Å². The van der Waals surface area contributed by atoms with E-state index >= 15 is 0 Å². The molecular weight excluding hydrogens is 388 g/mol. The first-order valence-electron chi connectivity index (χ1n) is 11.0. The number of carbonyl (C=O) groups excluding carboxylic acids is 2. The molecule has 5 heteroatoms. The molecule has 0 aromatic heterocycles. The molecule has 158 valence electrons. The Bertz CT molecular complexity index is 1120. The van der Waals surface area contributed by atoms with Gasteiger partial charge in [0.05, 0.1) is 18.3 Å². The van der Waals surface area contributed by atoms with E-state index in [1.807, 2.05) is 41.3 Å². The third kappa shape index (κ3) is 3.76. The van der Waals surface area contributed by atoms with Gasteiger partial charge in [-0.2, -0.15) is 0 Å². The van der Waals surface area contributed by atoms with Crippen LogP contribution in [0.3, 0.4) is 0 Å². The van der Waals surface area contributed by atoms with E-state index in [0.717, 1.165) is 30.8 Å². The van der Waals surface area contributed by atoms with Gasteiger partial charge in [-0.3, -0.25) is 9.59 Å². The predicted octanol–water partition coefficient (Wildman–Crippen LogP) is 4.71. The van der Waals surface area contributed by atoms with Gasteiger partial charge in [0, 0.05) is 19.4 Å². The van der Waals surface area contributed by atoms with Crippen LogP contribution in [0.1, 0.15) is 37.3 Å². The Labute approximate surface area is 182 Å². The van der Waals surface area contributed by atoms with Gasteiger partial charge in [0.25, 0.3) is 0 Å². The molecule has 2 amide bonds. The van der Waals surface area contributed by atoms with Crippen molar-refractivity contribution < 1.29 is 14.3 Å². The second-order valence-electron chi connectivity index (χ2n) is 8.18. The number of fused-ring (bicyclic) bond motifs is 2. The second-order valence-corrected chi connectivity index (χ2v) is 8.18. The molecule has 5 rings (SSSR count). The highest BCUT2D eigenvalue weighted by atomic mass is 16.5. The number of amides is 2. The molecule has 2 heterocycles. The molecule has 0 N–H and O–H groups in total. The SMILES string of the molecule is O=C(CCC(=O)N1CCCC1c1cccc2ccccc12)N1CCOc2ccccc21. The molecule has 0 aliphatic carbocycles. The summed E-state index contributed by atoms with van der Waals surface area (Å²) in [6.07, 6.45) is 2.40. The summed E-state index contributed by atoms with van der Waals surface area (Å²) >= 11 is 0. The standard InChI is InChI=1S/C26H26N2O3/c29-25(14-15-26(30)28-17-18-31-24-13-4-3-11-23(24)28)27-16-6-12-22(27)21-10-5-8-19-7-1-2-9-20(19)21/h1-5,7-11,13,22H,6,12,14-18H2. The summed E-state index contributed by atoms with van der Waals surface area (Å²) < 4.78 is 5.64. The lowest BCUT2D eigenvalue weighted by atomic mass is 9.97. The van der Waals surface area contributed by atoms with Crippen LogP contribution in [0.2, 0.25) is 0 Å². The van der Waals surface area contributed by atoms with Crippen molar-refractivity contribution in [2.45, 2.75) is 31.7 Å². The molecule has 1 atom stereocenters. The lowest BCUT2D eigenvalue weighted by Crippen LogP contribution is -2.39. The summed E-state index contributed by atoms with van der Waals surface area (Å²) in [4.78, 5) is 29.8. The molecule has 0 bridgehead atoms. The lowest BCUT2D eigenvalue weighted by molar-refractivity contribution is -0.134.